The van der Waals surface area contributed by atoms with Gasteiger partial charge in [0.05, 0.1) is 24.9 Å². The Kier molecular flexibility index (Phi) is 21.1. The molecule has 1 saturated heterocycles. The molecule has 1 unspecified atom stereocenters. The van der Waals surface area contributed by atoms with E-state index in [0.29, 0.717) is 37.1 Å². The molecule has 2 rings (SSSR count). The second-order valence-corrected chi connectivity index (χ2v) is 6.77. The number of nitrogens with zero attached hydrogens (tertiary/aromatic N) is 1. The first-order valence-electron chi connectivity index (χ1n) is 10.6. The molecule has 1 aliphatic heterocycles. The van der Waals surface area contributed by atoms with Crippen LogP contribution in [0.5, 0.6) is 0 Å². The summed E-state index contributed by atoms with van der Waals surface area (Å²) in [5.41, 5.74) is 2.17. The van der Waals surface area contributed by atoms with E-state index in [1.807, 2.05) is 30.3 Å². The van der Waals surface area contributed by atoms with Gasteiger partial charge in [-0.2, -0.15) is 0 Å². The Morgan fingerprint density at radius 1 is 1.19 bits per heavy atom. The molecule has 7 heteroatoms. The van der Waals surface area contributed by atoms with E-state index in [1.54, 1.807) is 34.3 Å². The lowest BCUT2D eigenvalue weighted by Gasteiger charge is -2.23. The number of amides is 1. The zero-order valence-electron chi connectivity index (χ0n) is 20.4. The second kappa shape index (κ2) is 21.5. The molecule has 0 bridgehead atoms. The van der Waals surface area contributed by atoms with Gasteiger partial charge < -0.3 is 29.3 Å². The quantitative estimate of drug-likeness (QED) is 0.503. The van der Waals surface area contributed by atoms with Gasteiger partial charge >= 0.3 is 0 Å². The minimum absolute atomic E-state index is 0.0669. The monoisotopic (exact) mass is 448 g/mol. The van der Waals surface area contributed by atoms with E-state index in [0.717, 1.165) is 6.29 Å². The van der Waals surface area contributed by atoms with Crippen molar-refractivity contribution in [1.82, 2.24) is 10.2 Å². The predicted molar refractivity (Wildman–Crippen MR) is 129 cm³/mol. The van der Waals surface area contributed by atoms with Gasteiger partial charge in [0.2, 0.25) is 0 Å². The van der Waals surface area contributed by atoms with Crippen molar-refractivity contribution < 1.29 is 23.9 Å². The number of likely N-dealkylation sites (tertiary alicyclic amines) is 1. The summed E-state index contributed by atoms with van der Waals surface area (Å²) < 4.78 is 9.18. The van der Waals surface area contributed by atoms with Gasteiger partial charge in [0, 0.05) is 27.0 Å². The molecule has 0 aliphatic carbocycles. The van der Waals surface area contributed by atoms with E-state index in [-0.39, 0.29) is 12.5 Å². The first kappa shape index (κ1) is 31.4. The number of carbonyl (C=O) groups is 3. The van der Waals surface area contributed by atoms with Gasteiger partial charge in [-0.1, -0.05) is 63.3 Å². The van der Waals surface area contributed by atoms with E-state index in [9.17, 15) is 14.4 Å². The van der Waals surface area contributed by atoms with Crippen LogP contribution >= 0.6 is 0 Å². The summed E-state index contributed by atoms with van der Waals surface area (Å²) in [6, 6.07) is 9.66. The van der Waals surface area contributed by atoms with Crippen molar-refractivity contribution in [2.45, 2.75) is 52.7 Å². The maximum absolute atomic E-state index is 12.1. The fraction of sp³-hybridized carbons (Fsp3) is 0.480. The van der Waals surface area contributed by atoms with Crippen molar-refractivity contribution >= 4 is 18.5 Å². The van der Waals surface area contributed by atoms with Gasteiger partial charge in [-0.15, -0.1) is 0 Å². The summed E-state index contributed by atoms with van der Waals surface area (Å²) in [6.45, 7) is 10.5. The second-order valence-electron chi connectivity index (χ2n) is 6.77. The van der Waals surface area contributed by atoms with Crippen LogP contribution in [-0.4, -0.2) is 57.3 Å². The average molecular weight is 449 g/mol. The number of ether oxygens (including phenoxy) is 2. The first-order chi connectivity index (χ1) is 15.4. The Bertz CT molecular complexity index is 672. The molecule has 1 heterocycles. The third kappa shape index (κ3) is 13.5. The topological polar surface area (TPSA) is 84.9 Å². The highest BCUT2D eigenvalue weighted by Crippen LogP contribution is 2.26. The number of hydrogen-bond donors (Lipinski definition) is 1. The van der Waals surface area contributed by atoms with Gasteiger partial charge in [0.25, 0.3) is 5.91 Å². The highest BCUT2D eigenvalue weighted by molar-refractivity contribution is 5.96. The molecule has 1 aromatic carbocycles. The van der Waals surface area contributed by atoms with Crippen LogP contribution in [0.2, 0.25) is 0 Å². The van der Waals surface area contributed by atoms with Crippen molar-refractivity contribution in [2.24, 2.45) is 0 Å². The molecular weight excluding hydrogens is 408 g/mol. The van der Waals surface area contributed by atoms with E-state index in [1.165, 1.54) is 16.9 Å². The molecule has 1 aromatic rings. The molecule has 1 fully saturated rings. The lowest BCUT2D eigenvalue weighted by molar-refractivity contribution is -0.129. The molecule has 1 aliphatic rings. The molecule has 0 spiro atoms. The molecule has 180 valence electrons. The van der Waals surface area contributed by atoms with Crippen molar-refractivity contribution in [3.05, 3.63) is 59.9 Å². The van der Waals surface area contributed by atoms with Crippen LogP contribution < -0.4 is 5.32 Å². The minimum Gasteiger partial charge on any atom is -0.388 e. The highest BCUT2D eigenvalue weighted by atomic mass is 16.5. The fourth-order valence-corrected chi connectivity index (χ4v) is 2.55. The zero-order valence-corrected chi connectivity index (χ0v) is 20.4. The van der Waals surface area contributed by atoms with E-state index in [2.05, 4.69) is 30.5 Å². The summed E-state index contributed by atoms with van der Waals surface area (Å²) in [6.07, 6.45) is 5.51. The smallest absolute Gasteiger partial charge is 0.274 e. The summed E-state index contributed by atoms with van der Waals surface area (Å²) in [7, 11) is 4.95. The Labute approximate surface area is 193 Å². The van der Waals surface area contributed by atoms with Gasteiger partial charge in [0.1, 0.15) is 12.6 Å². The fourth-order valence-electron chi connectivity index (χ4n) is 2.55. The zero-order chi connectivity index (χ0) is 24.8. The van der Waals surface area contributed by atoms with Gasteiger partial charge in [0.15, 0.2) is 0 Å². The van der Waals surface area contributed by atoms with Crippen LogP contribution in [0.4, 0.5) is 0 Å². The minimum atomic E-state index is -0.442. The molecule has 7 nitrogen and oxygen atoms in total. The third-order valence-corrected chi connectivity index (χ3v) is 3.83. The highest BCUT2D eigenvalue weighted by Gasteiger charge is 2.32. The van der Waals surface area contributed by atoms with Gasteiger partial charge in [-0.3, -0.25) is 4.79 Å². The van der Waals surface area contributed by atoms with Crippen LogP contribution in [0.25, 0.3) is 0 Å². The molecule has 1 amide bonds. The van der Waals surface area contributed by atoms with Gasteiger partial charge in [-0.25, -0.2) is 0 Å². The number of hydrogen-bond acceptors (Lipinski definition) is 6. The summed E-state index contributed by atoms with van der Waals surface area (Å²) in [5.74, 6) is -0.311. The van der Waals surface area contributed by atoms with E-state index in [4.69, 9.17) is 4.74 Å². The number of nitrogens with one attached hydrogen (secondary N) is 1. The van der Waals surface area contributed by atoms with Crippen molar-refractivity contribution in [2.75, 3.05) is 27.9 Å². The average Bonchev–Trinajstić information content (AvgIpc) is 3.17. The lowest BCUT2D eigenvalue weighted by atomic mass is 10.2. The van der Waals surface area contributed by atoms with Crippen LogP contribution in [0.15, 0.2) is 54.4 Å². The SMILES string of the molecule is C=C1CCC(C=O)N1C(=O)/C(=C\C)NCC=O.CCC.COC.COCc1ccccc1. The molecule has 1 atom stereocenters. The van der Waals surface area contributed by atoms with Crippen LogP contribution in [-0.2, 0) is 30.5 Å². The first-order valence-corrected chi connectivity index (χ1v) is 10.6. The van der Waals surface area contributed by atoms with E-state index >= 15 is 0 Å². The molecule has 32 heavy (non-hydrogen) atoms. The summed E-state index contributed by atoms with van der Waals surface area (Å²) in [5, 5.41) is 2.71. The Hall–Kier alpha value is -2.77. The molecule has 0 radical (unpaired) electrons. The number of benzene rings is 1. The van der Waals surface area contributed by atoms with Gasteiger partial charge in [-0.05, 0) is 25.3 Å². The standard InChI is InChI=1S/C12H16N2O3.C8H10O.C3H8.C2H6O/c1-3-11(13-6-7-15)12(17)14-9(2)4-5-10(14)8-16;1-9-7-8-5-3-2-4-6-8;2*1-3-2/h3,7-8,10,13H,2,4-6H2,1H3;2-6H,7H2,1H3;3H2,1-2H3;1-2H3/b11-3+;;;. The number of rotatable bonds is 7. The van der Waals surface area contributed by atoms with Crippen LogP contribution in [0.3, 0.4) is 0 Å². The lowest BCUT2D eigenvalue weighted by Crippen LogP contribution is -2.39. The largest absolute Gasteiger partial charge is 0.388 e. The Morgan fingerprint density at radius 2 is 1.75 bits per heavy atom. The third-order valence-electron chi connectivity index (χ3n) is 3.83. The molecule has 0 saturated carbocycles. The summed E-state index contributed by atoms with van der Waals surface area (Å²) >= 11 is 0. The number of aldehydes is 2. The maximum atomic E-state index is 12.1. The normalized spacial score (nSPS) is 14.6. The number of methoxy groups -OCH3 is 2. The van der Waals surface area contributed by atoms with Crippen LogP contribution in [0, 0.1) is 0 Å². The number of allylic oxidation sites excluding steroid dienone is 2. The summed E-state index contributed by atoms with van der Waals surface area (Å²) in [4.78, 5) is 34.6. The van der Waals surface area contributed by atoms with Crippen molar-refractivity contribution in [3.8, 4) is 0 Å². The Morgan fingerprint density at radius 3 is 2.19 bits per heavy atom. The Balaban J connectivity index is 0. The molecular formula is C25H40N2O5. The van der Waals surface area contributed by atoms with E-state index < -0.39 is 6.04 Å². The maximum Gasteiger partial charge on any atom is 0.274 e. The van der Waals surface area contributed by atoms with Crippen LogP contribution in [0.1, 0.15) is 45.6 Å². The van der Waals surface area contributed by atoms with Crippen molar-refractivity contribution in [1.29, 1.82) is 0 Å². The van der Waals surface area contributed by atoms with Crippen molar-refractivity contribution in [3.63, 3.8) is 0 Å². The molecule has 1 N–H and O–H groups in total. The molecule has 0 aromatic heterocycles. The predicted octanol–water partition coefficient (Wildman–Crippen LogP) is 3.89. The number of carbonyl (C=O) groups excluding carboxylic acids is 3.